The first kappa shape index (κ1) is 20.3. The molecule has 7 nitrogen and oxygen atoms in total. The Hall–Kier alpha value is -2.42. The van der Waals surface area contributed by atoms with E-state index in [1.165, 1.54) is 17.0 Å². The Kier molecular flexibility index (Phi) is 5.74. The zero-order valence-electron chi connectivity index (χ0n) is 16.2. The molecule has 28 heavy (non-hydrogen) atoms. The number of carbonyl (C=O) groups is 1. The van der Waals surface area contributed by atoms with Crippen molar-refractivity contribution in [2.75, 3.05) is 25.2 Å². The maximum atomic E-state index is 13.6. The molecule has 2 aromatic rings. The van der Waals surface area contributed by atoms with Crippen LogP contribution in [0.4, 0.5) is 4.39 Å². The summed E-state index contributed by atoms with van der Waals surface area (Å²) >= 11 is 0. The fraction of sp³-hybridized carbons (Fsp3) is 0.474. The van der Waals surface area contributed by atoms with Gasteiger partial charge >= 0.3 is 0 Å². The van der Waals surface area contributed by atoms with Gasteiger partial charge in [-0.1, -0.05) is 12.1 Å². The van der Waals surface area contributed by atoms with Gasteiger partial charge in [0.25, 0.3) is 5.91 Å². The van der Waals surface area contributed by atoms with Gasteiger partial charge in [0.1, 0.15) is 0 Å². The van der Waals surface area contributed by atoms with Crippen LogP contribution in [0.1, 0.15) is 29.4 Å². The van der Waals surface area contributed by atoms with Crippen molar-refractivity contribution >= 4 is 15.7 Å². The molecule has 1 aromatic heterocycles. The van der Waals surface area contributed by atoms with Gasteiger partial charge in [0, 0.05) is 24.8 Å². The van der Waals surface area contributed by atoms with Crippen LogP contribution in [-0.4, -0.2) is 54.2 Å². The lowest BCUT2D eigenvalue weighted by Gasteiger charge is -2.18. The summed E-state index contributed by atoms with van der Waals surface area (Å²) in [4.78, 5) is 13.9. The topological polar surface area (TPSA) is 81.5 Å². The van der Waals surface area contributed by atoms with Crippen molar-refractivity contribution in [3.8, 4) is 5.75 Å². The fourth-order valence-corrected chi connectivity index (χ4v) is 5.08. The molecule has 0 radical (unpaired) electrons. The lowest BCUT2D eigenvalue weighted by molar-refractivity contribution is -0.132. The van der Waals surface area contributed by atoms with E-state index < -0.39 is 15.7 Å². The number of likely N-dealkylation sites (N-methyl/N-ethyl adjacent to an activating group) is 1. The third-order valence-electron chi connectivity index (χ3n) is 5.04. The first-order chi connectivity index (χ1) is 13.2. The summed E-state index contributed by atoms with van der Waals surface area (Å²) < 4.78 is 44.2. The largest absolute Gasteiger partial charge is 0.481 e. The minimum atomic E-state index is -3.01. The molecule has 1 aliphatic heterocycles. The molecule has 1 fully saturated rings. The van der Waals surface area contributed by atoms with E-state index in [2.05, 4.69) is 5.10 Å². The number of hydrogen-bond donors (Lipinski definition) is 0. The Bertz CT molecular complexity index is 987. The molecule has 0 aliphatic carbocycles. The second-order valence-electron chi connectivity index (χ2n) is 7.12. The third-order valence-corrected chi connectivity index (χ3v) is 6.79. The SMILES string of the molecule is Cc1nn(C2CCS(=O)(=O)C2)c(C)c1CN(C)C(=O)COc1ccccc1F. The number of nitrogens with zero attached hydrogens (tertiary/aromatic N) is 3. The monoisotopic (exact) mass is 409 g/mol. The van der Waals surface area contributed by atoms with Gasteiger partial charge in [-0.3, -0.25) is 9.48 Å². The smallest absolute Gasteiger partial charge is 0.260 e. The Morgan fingerprint density at radius 2 is 2.07 bits per heavy atom. The molecule has 3 rings (SSSR count). The summed E-state index contributed by atoms with van der Waals surface area (Å²) in [5.74, 6) is -0.501. The van der Waals surface area contributed by atoms with Crippen LogP contribution in [0.5, 0.6) is 5.75 Å². The average Bonchev–Trinajstić information content (AvgIpc) is 3.14. The molecule has 1 saturated heterocycles. The van der Waals surface area contributed by atoms with Gasteiger partial charge in [0.2, 0.25) is 0 Å². The van der Waals surface area contributed by atoms with Crippen molar-refractivity contribution < 1.29 is 22.3 Å². The van der Waals surface area contributed by atoms with Gasteiger partial charge in [0.15, 0.2) is 28.0 Å². The lowest BCUT2D eigenvalue weighted by Crippen LogP contribution is -2.31. The number of hydrogen-bond acceptors (Lipinski definition) is 5. The van der Waals surface area contributed by atoms with Gasteiger partial charge < -0.3 is 9.64 Å². The number of halogens is 1. The minimum Gasteiger partial charge on any atom is -0.481 e. The highest BCUT2D eigenvalue weighted by molar-refractivity contribution is 7.91. The molecule has 0 N–H and O–H groups in total. The number of sulfone groups is 1. The first-order valence-corrected chi connectivity index (χ1v) is 10.9. The summed E-state index contributed by atoms with van der Waals surface area (Å²) in [7, 11) is -1.37. The highest BCUT2D eigenvalue weighted by Crippen LogP contribution is 2.27. The summed E-state index contributed by atoms with van der Waals surface area (Å²) in [6.07, 6.45) is 0.551. The number of aryl methyl sites for hydroxylation is 1. The summed E-state index contributed by atoms with van der Waals surface area (Å²) in [6, 6.07) is 5.76. The van der Waals surface area contributed by atoms with Crippen LogP contribution in [0, 0.1) is 19.7 Å². The predicted molar refractivity (Wildman–Crippen MR) is 102 cm³/mol. The zero-order valence-corrected chi connectivity index (χ0v) is 17.0. The van der Waals surface area contributed by atoms with E-state index in [1.807, 2.05) is 13.8 Å². The second-order valence-corrected chi connectivity index (χ2v) is 9.35. The van der Waals surface area contributed by atoms with E-state index >= 15 is 0 Å². The van der Waals surface area contributed by atoms with Gasteiger partial charge in [0.05, 0.1) is 23.2 Å². The van der Waals surface area contributed by atoms with Crippen LogP contribution in [0.15, 0.2) is 24.3 Å². The summed E-state index contributed by atoms with van der Waals surface area (Å²) in [6.45, 7) is 3.77. The molecule has 1 unspecified atom stereocenters. The average molecular weight is 409 g/mol. The van der Waals surface area contributed by atoms with Crippen LogP contribution in [0.2, 0.25) is 0 Å². The fourth-order valence-electron chi connectivity index (χ4n) is 3.39. The number of ether oxygens (including phenoxy) is 1. The van der Waals surface area contributed by atoms with Crippen LogP contribution < -0.4 is 4.74 Å². The van der Waals surface area contributed by atoms with Crippen LogP contribution >= 0.6 is 0 Å². The highest BCUT2D eigenvalue weighted by Gasteiger charge is 2.31. The number of benzene rings is 1. The normalized spacial score (nSPS) is 18.2. The van der Waals surface area contributed by atoms with Crippen molar-refractivity contribution in [1.82, 2.24) is 14.7 Å². The highest BCUT2D eigenvalue weighted by atomic mass is 32.2. The van der Waals surface area contributed by atoms with Crippen molar-refractivity contribution in [3.05, 3.63) is 47.0 Å². The molecule has 9 heteroatoms. The number of carbonyl (C=O) groups excluding carboxylic acids is 1. The zero-order chi connectivity index (χ0) is 20.5. The maximum Gasteiger partial charge on any atom is 0.260 e. The summed E-state index contributed by atoms with van der Waals surface area (Å²) in [5.41, 5.74) is 2.50. The molecule has 0 saturated carbocycles. The van der Waals surface area contributed by atoms with Gasteiger partial charge in [-0.2, -0.15) is 5.10 Å². The van der Waals surface area contributed by atoms with Crippen LogP contribution in [-0.2, 0) is 21.2 Å². The van der Waals surface area contributed by atoms with E-state index in [-0.39, 0.29) is 35.8 Å². The Morgan fingerprint density at radius 1 is 1.36 bits per heavy atom. The predicted octanol–water partition coefficient (Wildman–Crippen LogP) is 2.04. The van der Waals surface area contributed by atoms with E-state index in [1.54, 1.807) is 23.9 Å². The third kappa shape index (κ3) is 4.35. The molecule has 2 heterocycles. The number of rotatable bonds is 6. The van der Waals surface area contributed by atoms with E-state index in [0.29, 0.717) is 13.0 Å². The molecule has 1 atom stereocenters. The standard InChI is InChI=1S/C19H24FN3O4S/c1-13-16(14(2)23(21-13)15-8-9-28(25,26)12-15)10-22(3)19(24)11-27-18-7-5-4-6-17(18)20/h4-7,15H,8-12H2,1-3H3. The molecular weight excluding hydrogens is 385 g/mol. The van der Waals surface area contributed by atoms with Crippen molar-refractivity contribution in [2.24, 2.45) is 0 Å². The van der Waals surface area contributed by atoms with E-state index in [9.17, 15) is 17.6 Å². The molecule has 1 aromatic carbocycles. The lowest BCUT2D eigenvalue weighted by atomic mass is 10.1. The van der Waals surface area contributed by atoms with E-state index in [0.717, 1.165) is 17.0 Å². The Morgan fingerprint density at radius 3 is 2.71 bits per heavy atom. The minimum absolute atomic E-state index is 0.0341. The van der Waals surface area contributed by atoms with Crippen molar-refractivity contribution in [1.29, 1.82) is 0 Å². The van der Waals surface area contributed by atoms with Gasteiger partial charge in [-0.15, -0.1) is 0 Å². The van der Waals surface area contributed by atoms with Crippen molar-refractivity contribution in [2.45, 2.75) is 32.9 Å². The number of amides is 1. The van der Waals surface area contributed by atoms with Gasteiger partial charge in [-0.25, -0.2) is 12.8 Å². The Balaban J connectivity index is 1.66. The molecule has 0 spiro atoms. The van der Waals surface area contributed by atoms with Crippen molar-refractivity contribution in [3.63, 3.8) is 0 Å². The van der Waals surface area contributed by atoms with Crippen LogP contribution in [0.25, 0.3) is 0 Å². The second kappa shape index (κ2) is 7.90. The first-order valence-electron chi connectivity index (χ1n) is 9.04. The number of para-hydroxylation sites is 1. The summed E-state index contributed by atoms with van der Waals surface area (Å²) in [5, 5.41) is 4.51. The molecule has 152 valence electrons. The maximum absolute atomic E-state index is 13.6. The quantitative estimate of drug-likeness (QED) is 0.729. The molecule has 0 bridgehead atoms. The number of aromatic nitrogens is 2. The molecule has 1 aliphatic rings. The molecular formula is C19H24FN3O4S. The van der Waals surface area contributed by atoms with E-state index in [4.69, 9.17) is 4.74 Å². The van der Waals surface area contributed by atoms with Crippen LogP contribution in [0.3, 0.4) is 0 Å². The molecule has 1 amide bonds. The van der Waals surface area contributed by atoms with Gasteiger partial charge in [-0.05, 0) is 32.4 Å². The Labute approximate surface area is 164 Å².